The van der Waals surface area contributed by atoms with E-state index in [0.29, 0.717) is 11.1 Å². The number of carbonyl (C=O) groups excluding carboxylic acids is 1. The first-order valence-electron chi connectivity index (χ1n) is 5.56. The van der Waals surface area contributed by atoms with Crippen LogP contribution in [0.1, 0.15) is 21.5 Å². The van der Waals surface area contributed by atoms with Crippen molar-refractivity contribution >= 4 is 17.5 Å². The van der Waals surface area contributed by atoms with E-state index in [9.17, 15) is 9.18 Å². The lowest BCUT2D eigenvalue weighted by Gasteiger charge is -2.07. The smallest absolute Gasteiger partial charge is 0.194 e. The lowest BCUT2D eigenvalue weighted by molar-refractivity contribution is 0.103. The van der Waals surface area contributed by atoms with Gasteiger partial charge < -0.3 is 0 Å². The molecular formula is C15H13FOS. The molecule has 0 fully saturated rings. The summed E-state index contributed by atoms with van der Waals surface area (Å²) in [6.07, 6.45) is 1.92. The van der Waals surface area contributed by atoms with Crippen LogP contribution in [0.5, 0.6) is 0 Å². The molecule has 0 aromatic heterocycles. The molecule has 0 saturated heterocycles. The lowest BCUT2D eigenvalue weighted by Crippen LogP contribution is -2.04. The summed E-state index contributed by atoms with van der Waals surface area (Å²) in [4.78, 5) is 13.3. The standard InChI is InChI=1S/C15H13FOS/c1-10-7-11(9-12(16)8-10)15(17)13-5-3-4-6-14(13)18-2/h3-9H,1-2H3. The van der Waals surface area contributed by atoms with E-state index in [4.69, 9.17) is 0 Å². The Hall–Kier alpha value is -1.61. The van der Waals surface area contributed by atoms with Crippen molar-refractivity contribution in [3.63, 3.8) is 0 Å². The minimum Gasteiger partial charge on any atom is -0.289 e. The van der Waals surface area contributed by atoms with Crippen LogP contribution in [0.25, 0.3) is 0 Å². The van der Waals surface area contributed by atoms with E-state index in [1.807, 2.05) is 24.5 Å². The molecule has 0 aliphatic heterocycles. The SMILES string of the molecule is CSc1ccccc1C(=O)c1cc(C)cc(F)c1. The molecule has 2 aromatic carbocycles. The summed E-state index contributed by atoms with van der Waals surface area (Å²) in [7, 11) is 0. The van der Waals surface area contributed by atoms with Gasteiger partial charge in [0.1, 0.15) is 5.82 Å². The van der Waals surface area contributed by atoms with Crippen molar-refractivity contribution in [3.05, 3.63) is 65.0 Å². The molecule has 0 aliphatic rings. The fourth-order valence-corrected chi connectivity index (χ4v) is 2.45. The molecule has 18 heavy (non-hydrogen) atoms. The van der Waals surface area contributed by atoms with Crippen LogP contribution in [-0.2, 0) is 0 Å². The van der Waals surface area contributed by atoms with Gasteiger partial charge in [-0.05, 0) is 49.1 Å². The summed E-state index contributed by atoms with van der Waals surface area (Å²) in [5.41, 5.74) is 1.77. The second-order valence-corrected chi connectivity index (χ2v) is 4.89. The van der Waals surface area contributed by atoms with Crippen molar-refractivity contribution in [2.45, 2.75) is 11.8 Å². The third-order valence-electron chi connectivity index (χ3n) is 2.66. The van der Waals surface area contributed by atoms with Crippen LogP contribution in [0.2, 0.25) is 0 Å². The van der Waals surface area contributed by atoms with Crippen LogP contribution in [-0.4, -0.2) is 12.0 Å². The van der Waals surface area contributed by atoms with E-state index in [-0.39, 0.29) is 11.6 Å². The number of carbonyl (C=O) groups is 1. The summed E-state index contributed by atoms with van der Waals surface area (Å²) >= 11 is 1.51. The first-order chi connectivity index (χ1) is 8.61. The highest BCUT2D eigenvalue weighted by molar-refractivity contribution is 7.98. The number of aryl methyl sites for hydroxylation is 1. The van der Waals surface area contributed by atoms with E-state index in [0.717, 1.165) is 10.5 Å². The Kier molecular flexibility index (Phi) is 3.82. The van der Waals surface area contributed by atoms with Gasteiger partial charge in [0.2, 0.25) is 0 Å². The van der Waals surface area contributed by atoms with Crippen LogP contribution >= 0.6 is 11.8 Å². The van der Waals surface area contributed by atoms with Gasteiger partial charge in [0, 0.05) is 16.0 Å². The van der Waals surface area contributed by atoms with E-state index >= 15 is 0 Å². The molecule has 3 heteroatoms. The van der Waals surface area contributed by atoms with Crippen molar-refractivity contribution < 1.29 is 9.18 Å². The molecule has 0 amide bonds. The van der Waals surface area contributed by atoms with Gasteiger partial charge in [-0.2, -0.15) is 0 Å². The molecule has 0 spiro atoms. The van der Waals surface area contributed by atoms with Crippen LogP contribution in [0.3, 0.4) is 0 Å². The monoisotopic (exact) mass is 260 g/mol. The zero-order chi connectivity index (χ0) is 13.1. The maximum atomic E-state index is 13.3. The van der Waals surface area contributed by atoms with Gasteiger partial charge in [0.05, 0.1) is 0 Å². The molecule has 2 rings (SSSR count). The molecule has 0 saturated carbocycles. The molecule has 0 N–H and O–H groups in total. The number of ketones is 1. The second-order valence-electron chi connectivity index (χ2n) is 4.05. The van der Waals surface area contributed by atoms with Crippen molar-refractivity contribution in [3.8, 4) is 0 Å². The van der Waals surface area contributed by atoms with Crippen LogP contribution in [0, 0.1) is 12.7 Å². The number of rotatable bonds is 3. The second kappa shape index (κ2) is 5.36. The summed E-state index contributed by atoms with van der Waals surface area (Å²) in [5, 5.41) is 0. The molecule has 0 atom stereocenters. The highest BCUT2D eigenvalue weighted by Gasteiger charge is 2.13. The number of hydrogen-bond donors (Lipinski definition) is 0. The van der Waals surface area contributed by atoms with Crippen LogP contribution < -0.4 is 0 Å². The zero-order valence-corrected chi connectivity index (χ0v) is 11.1. The molecular weight excluding hydrogens is 247 g/mol. The average Bonchev–Trinajstić information content (AvgIpc) is 2.36. The van der Waals surface area contributed by atoms with E-state index in [2.05, 4.69) is 0 Å². The van der Waals surface area contributed by atoms with Crippen LogP contribution in [0.15, 0.2) is 47.4 Å². The van der Waals surface area contributed by atoms with Gasteiger partial charge in [0.15, 0.2) is 5.78 Å². The van der Waals surface area contributed by atoms with E-state index < -0.39 is 0 Å². The highest BCUT2D eigenvalue weighted by atomic mass is 32.2. The van der Waals surface area contributed by atoms with E-state index in [1.165, 1.54) is 23.9 Å². The Bertz CT molecular complexity index is 573. The third-order valence-corrected chi connectivity index (χ3v) is 3.45. The summed E-state index contributed by atoms with van der Waals surface area (Å²) in [5.74, 6) is -0.512. The van der Waals surface area contributed by atoms with E-state index in [1.54, 1.807) is 19.1 Å². The maximum Gasteiger partial charge on any atom is 0.194 e. The van der Waals surface area contributed by atoms with Gasteiger partial charge in [-0.3, -0.25) is 4.79 Å². The number of halogens is 1. The molecule has 0 heterocycles. The van der Waals surface area contributed by atoms with Gasteiger partial charge >= 0.3 is 0 Å². The van der Waals surface area contributed by atoms with Crippen molar-refractivity contribution in [1.29, 1.82) is 0 Å². The molecule has 0 bridgehead atoms. The highest BCUT2D eigenvalue weighted by Crippen LogP contribution is 2.23. The Balaban J connectivity index is 2.47. The predicted molar refractivity (Wildman–Crippen MR) is 72.8 cm³/mol. The van der Waals surface area contributed by atoms with Gasteiger partial charge in [-0.15, -0.1) is 11.8 Å². The first-order valence-corrected chi connectivity index (χ1v) is 6.79. The lowest BCUT2D eigenvalue weighted by atomic mass is 10.0. The van der Waals surface area contributed by atoms with Crippen molar-refractivity contribution in [2.75, 3.05) is 6.26 Å². The quantitative estimate of drug-likeness (QED) is 0.611. The minimum atomic E-state index is -0.375. The fourth-order valence-electron chi connectivity index (χ4n) is 1.86. The number of benzene rings is 2. The Morgan fingerprint density at radius 1 is 1.17 bits per heavy atom. The Morgan fingerprint density at radius 3 is 2.56 bits per heavy atom. The third kappa shape index (κ3) is 2.62. The number of thioether (sulfide) groups is 1. The predicted octanol–water partition coefficient (Wildman–Crippen LogP) is 4.09. The molecule has 0 unspecified atom stereocenters. The maximum absolute atomic E-state index is 13.3. The van der Waals surface area contributed by atoms with Gasteiger partial charge in [0.25, 0.3) is 0 Å². The zero-order valence-electron chi connectivity index (χ0n) is 10.2. The van der Waals surface area contributed by atoms with Gasteiger partial charge in [-0.25, -0.2) is 4.39 Å². The fraction of sp³-hybridized carbons (Fsp3) is 0.133. The number of hydrogen-bond acceptors (Lipinski definition) is 2. The summed E-state index contributed by atoms with van der Waals surface area (Å²) in [6, 6.07) is 11.8. The molecule has 0 aliphatic carbocycles. The van der Waals surface area contributed by atoms with Crippen molar-refractivity contribution in [2.24, 2.45) is 0 Å². The van der Waals surface area contributed by atoms with Crippen molar-refractivity contribution in [1.82, 2.24) is 0 Å². The molecule has 1 nitrogen and oxygen atoms in total. The average molecular weight is 260 g/mol. The topological polar surface area (TPSA) is 17.1 Å². The first kappa shape index (κ1) is 12.8. The Morgan fingerprint density at radius 2 is 1.89 bits per heavy atom. The molecule has 92 valence electrons. The van der Waals surface area contributed by atoms with Gasteiger partial charge in [-0.1, -0.05) is 12.1 Å². The Labute approximate surface area is 110 Å². The van der Waals surface area contributed by atoms with Crippen LogP contribution in [0.4, 0.5) is 4.39 Å². The minimum absolute atomic E-state index is 0.137. The molecule has 0 radical (unpaired) electrons. The summed E-state index contributed by atoms with van der Waals surface area (Å²) < 4.78 is 13.3. The summed E-state index contributed by atoms with van der Waals surface area (Å²) in [6.45, 7) is 1.78. The normalized spacial score (nSPS) is 10.4. The molecule has 2 aromatic rings. The largest absolute Gasteiger partial charge is 0.289 e.